The number of para-hydroxylation sites is 1. The Morgan fingerprint density at radius 3 is 2.34 bits per heavy atom. The average Bonchev–Trinajstić information content (AvgIpc) is 2.68. The Morgan fingerprint density at radius 1 is 1.03 bits per heavy atom. The monoisotopic (exact) mass is 531 g/mol. The zero-order valence-corrected chi connectivity index (χ0v) is 20.3. The number of aliphatic imine (C=N–C) groups is 1. The molecule has 0 heterocycles. The zero-order valence-electron chi connectivity index (χ0n) is 17.1. The highest BCUT2D eigenvalue weighted by Crippen LogP contribution is 2.17. The van der Waals surface area contributed by atoms with Gasteiger partial charge in [0.2, 0.25) is 0 Å². The third-order valence-corrected chi connectivity index (χ3v) is 5.37. The van der Waals surface area contributed by atoms with Crippen molar-refractivity contribution in [2.24, 2.45) is 4.99 Å². The summed E-state index contributed by atoms with van der Waals surface area (Å²) in [5.41, 5.74) is 2.21. The van der Waals surface area contributed by atoms with Crippen molar-refractivity contribution < 1.29 is 13.2 Å². The molecule has 0 unspecified atom stereocenters. The predicted octanol–water partition coefficient (Wildman–Crippen LogP) is 3.06. The number of halogens is 1. The Kier molecular flexibility index (Phi) is 11.0. The van der Waals surface area contributed by atoms with Crippen molar-refractivity contribution in [1.82, 2.24) is 10.6 Å². The largest absolute Gasteiger partial charge is 0.496 e. The van der Waals surface area contributed by atoms with Gasteiger partial charge in [0, 0.05) is 25.9 Å². The number of nitrogens with zero attached hydrogens (tertiary/aromatic N) is 1. The van der Waals surface area contributed by atoms with Crippen molar-refractivity contribution in [1.29, 1.82) is 0 Å². The van der Waals surface area contributed by atoms with E-state index in [1.165, 1.54) is 6.26 Å². The summed E-state index contributed by atoms with van der Waals surface area (Å²) in [6, 6.07) is 15.0. The van der Waals surface area contributed by atoms with Crippen LogP contribution in [0.25, 0.3) is 0 Å². The second-order valence-corrected chi connectivity index (χ2v) is 8.43. The van der Waals surface area contributed by atoms with Gasteiger partial charge in [-0.1, -0.05) is 30.3 Å². The Labute approximate surface area is 191 Å². The first-order valence-corrected chi connectivity index (χ1v) is 11.3. The lowest BCUT2D eigenvalue weighted by Gasteiger charge is -2.12. The van der Waals surface area contributed by atoms with E-state index in [1.54, 1.807) is 19.2 Å². The fraction of sp³-hybridized carbons (Fsp3) is 0.381. The summed E-state index contributed by atoms with van der Waals surface area (Å²) in [5, 5.41) is 6.56. The number of sulfone groups is 1. The van der Waals surface area contributed by atoms with Gasteiger partial charge in [0.25, 0.3) is 0 Å². The smallest absolute Gasteiger partial charge is 0.191 e. The minimum atomic E-state index is -3.15. The number of ether oxygens (including phenoxy) is 1. The summed E-state index contributed by atoms with van der Waals surface area (Å²) in [6.07, 6.45) is 2.79. The maximum Gasteiger partial charge on any atom is 0.191 e. The van der Waals surface area contributed by atoms with Crippen LogP contribution in [0.4, 0.5) is 0 Å². The molecule has 160 valence electrons. The molecule has 0 atom stereocenters. The molecule has 0 fully saturated rings. The second kappa shape index (κ2) is 12.7. The molecule has 2 N–H and O–H groups in total. The SMILES string of the molecule is CCNC(=NCCc1ccccc1OC)NCCc1ccc(S(C)(=O)=O)cc1.I. The molecule has 2 aromatic rings. The summed E-state index contributed by atoms with van der Waals surface area (Å²) in [6.45, 7) is 4.17. The first kappa shape index (κ1) is 25.2. The first-order valence-electron chi connectivity index (χ1n) is 9.37. The molecule has 6 nitrogen and oxygen atoms in total. The standard InChI is InChI=1S/C21H29N3O3S.HI/c1-4-22-21(24-16-14-18-7-5-6-8-20(18)27-2)23-15-13-17-9-11-19(12-10-17)28(3,25)26;/h5-12H,4,13-16H2,1-3H3,(H2,22,23,24);1H. The van der Waals surface area contributed by atoms with Crippen LogP contribution in [0.5, 0.6) is 5.75 Å². The van der Waals surface area contributed by atoms with Crippen LogP contribution in [0, 0.1) is 0 Å². The van der Waals surface area contributed by atoms with Gasteiger partial charge in [-0.05, 0) is 49.1 Å². The van der Waals surface area contributed by atoms with Gasteiger partial charge in [0.1, 0.15) is 5.75 Å². The fourth-order valence-electron chi connectivity index (χ4n) is 2.77. The quantitative estimate of drug-likeness (QED) is 0.296. The van der Waals surface area contributed by atoms with Crippen LogP contribution in [0.15, 0.2) is 58.4 Å². The molecule has 2 rings (SSSR count). The van der Waals surface area contributed by atoms with Gasteiger partial charge in [-0.2, -0.15) is 0 Å². The number of hydrogen-bond donors (Lipinski definition) is 2. The molecular formula is C21H30IN3O3S. The third kappa shape index (κ3) is 8.61. The van der Waals surface area contributed by atoms with Crippen molar-refractivity contribution >= 4 is 39.8 Å². The summed E-state index contributed by atoms with van der Waals surface area (Å²) in [4.78, 5) is 4.96. The molecule has 0 aromatic heterocycles. The minimum absolute atomic E-state index is 0. The van der Waals surface area contributed by atoms with Gasteiger partial charge in [-0.15, -0.1) is 24.0 Å². The maximum absolute atomic E-state index is 11.5. The summed E-state index contributed by atoms with van der Waals surface area (Å²) < 4.78 is 28.4. The van der Waals surface area contributed by atoms with E-state index >= 15 is 0 Å². The lowest BCUT2D eigenvalue weighted by atomic mass is 10.1. The molecule has 0 aliphatic carbocycles. The van der Waals surface area contributed by atoms with E-state index in [-0.39, 0.29) is 24.0 Å². The predicted molar refractivity (Wildman–Crippen MR) is 129 cm³/mol. The van der Waals surface area contributed by atoms with Gasteiger partial charge in [-0.25, -0.2) is 8.42 Å². The molecule has 0 aliphatic rings. The Hall–Kier alpha value is -1.81. The molecule has 0 aliphatic heterocycles. The number of guanidine groups is 1. The van der Waals surface area contributed by atoms with Gasteiger partial charge in [0.05, 0.1) is 12.0 Å². The van der Waals surface area contributed by atoms with E-state index in [0.29, 0.717) is 18.0 Å². The molecule has 0 saturated heterocycles. The number of methoxy groups -OCH3 is 1. The van der Waals surface area contributed by atoms with Crippen LogP contribution >= 0.6 is 24.0 Å². The van der Waals surface area contributed by atoms with Crippen LogP contribution in [0.2, 0.25) is 0 Å². The van der Waals surface area contributed by atoms with E-state index in [4.69, 9.17) is 4.74 Å². The maximum atomic E-state index is 11.5. The van der Waals surface area contributed by atoms with Crippen LogP contribution in [-0.4, -0.2) is 47.4 Å². The van der Waals surface area contributed by atoms with Crippen molar-refractivity contribution in [3.63, 3.8) is 0 Å². The van der Waals surface area contributed by atoms with Gasteiger partial charge in [0.15, 0.2) is 15.8 Å². The Bertz CT molecular complexity index is 884. The highest BCUT2D eigenvalue weighted by Gasteiger charge is 2.06. The lowest BCUT2D eigenvalue weighted by Crippen LogP contribution is -2.38. The molecule has 0 spiro atoms. The normalized spacial score (nSPS) is 11.5. The van der Waals surface area contributed by atoms with Crippen LogP contribution in [0.1, 0.15) is 18.1 Å². The summed E-state index contributed by atoms with van der Waals surface area (Å²) >= 11 is 0. The molecular weight excluding hydrogens is 501 g/mol. The number of rotatable bonds is 9. The molecule has 0 saturated carbocycles. The second-order valence-electron chi connectivity index (χ2n) is 6.42. The van der Waals surface area contributed by atoms with Crippen LogP contribution < -0.4 is 15.4 Å². The number of nitrogens with one attached hydrogen (secondary N) is 2. The van der Waals surface area contributed by atoms with Gasteiger partial charge in [-0.3, -0.25) is 4.99 Å². The highest BCUT2D eigenvalue weighted by atomic mass is 127. The molecule has 0 radical (unpaired) electrons. The zero-order chi connectivity index (χ0) is 20.4. The highest BCUT2D eigenvalue weighted by molar-refractivity contribution is 14.0. The van der Waals surface area contributed by atoms with E-state index in [9.17, 15) is 8.42 Å². The van der Waals surface area contributed by atoms with E-state index < -0.39 is 9.84 Å². The Balaban J connectivity index is 0.00000420. The van der Waals surface area contributed by atoms with Crippen molar-refractivity contribution in [2.75, 3.05) is 33.0 Å². The van der Waals surface area contributed by atoms with Crippen LogP contribution in [-0.2, 0) is 22.7 Å². The number of hydrogen-bond acceptors (Lipinski definition) is 4. The van der Waals surface area contributed by atoms with Crippen molar-refractivity contribution in [3.8, 4) is 5.75 Å². The van der Waals surface area contributed by atoms with Gasteiger partial charge >= 0.3 is 0 Å². The van der Waals surface area contributed by atoms with Crippen molar-refractivity contribution in [3.05, 3.63) is 59.7 Å². The fourth-order valence-corrected chi connectivity index (χ4v) is 3.40. The molecule has 0 bridgehead atoms. The summed E-state index contributed by atoms with van der Waals surface area (Å²) in [7, 11) is -1.48. The van der Waals surface area contributed by atoms with Crippen LogP contribution in [0.3, 0.4) is 0 Å². The average molecular weight is 531 g/mol. The van der Waals surface area contributed by atoms with E-state index in [1.807, 2.05) is 37.3 Å². The van der Waals surface area contributed by atoms with Gasteiger partial charge < -0.3 is 15.4 Å². The molecule has 2 aromatic carbocycles. The summed E-state index contributed by atoms with van der Waals surface area (Å²) in [5.74, 6) is 1.65. The first-order chi connectivity index (χ1) is 13.4. The van der Waals surface area contributed by atoms with Crippen molar-refractivity contribution in [2.45, 2.75) is 24.7 Å². The molecule has 29 heavy (non-hydrogen) atoms. The molecule has 0 amide bonds. The number of benzene rings is 2. The lowest BCUT2D eigenvalue weighted by molar-refractivity contribution is 0.410. The minimum Gasteiger partial charge on any atom is -0.496 e. The Morgan fingerprint density at radius 2 is 1.72 bits per heavy atom. The molecule has 8 heteroatoms. The third-order valence-electron chi connectivity index (χ3n) is 4.25. The topological polar surface area (TPSA) is 79.8 Å². The van der Waals surface area contributed by atoms with E-state index in [0.717, 1.165) is 42.2 Å². The van der Waals surface area contributed by atoms with E-state index in [2.05, 4.69) is 21.7 Å².